The molecule has 0 saturated heterocycles. The molecule has 1 aromatic rings. The zero-order valence-corrected chi connectivity index (χ0v) is 7.17. The summed E-state index contributed by atoms with van der Waals surface area (Å²) in [5.74, 6) is -1.94. The second kappa shape index (κ2) is 3.81. The van der Waals surface area contributed by atoms with Gasteiger partial charge in [0.25, 0.3) is 0 Å². The van der Waals surface area contributed by atoms with Crippen molar-refractivity contribution in [3.05, 3.63) is 35.4 Å². The molecule has 0 fully saturated rings. The Morgan fingerprint density at radius 3 is 2.54 bits per heavy atom. The van der Waals surface area contributed by atoms with Gasteiger partial charge in [-0.15, -0.1) is 0 Å². The number of hydrogen-bond acceptors (Lipinski definition) is 2. The van der Waals surface area contributed by atoms with E-state index in [1.165, 1.54) is 19.1 Å². The van der Waals surface area contributed by atoms with Crippen molar-refractivity contribution in [3.63, 3.8) is 0 Å². The molecule has 2 atom stereocenters. The van der Waals surface area contributed by atoms with Crippen molar-refractivity contribution in [1.29, 1.82) is 0 Å². The van der Waals surface area contributed by atoms with Crippen LogP contribution in [0.3, 0.4) is 0 Å². The van der Waals surface area contributed by atoms with E-state index in [1.54, 1.807) is 0 Å². The third-order valence-electron chi connectivity index (χ3n) is 1.86. The Morgan fingerprint density at radius 2 is 2.00 bits per heavy atom. The summed E-state index contributed by atoms with van der Waals surface area (Å²) >= 11 is 0. The molecular formula is C9H11F2NO. The zero-order chi connectivity index (χ0) is 10.0. The van der Waals surface area contributed by atoms with Crippen LogP contribution in [-0.2, 0) is 0 Å². The Kier molecular flexibility index (Phi) is 2.95. The van der Waals surface area contributed by atoms with Gasteiger partial charge in [-0.05, 0) is 13.0 Å². The SMILES string of the molecule is C[C@H](O)[C@@H](N)c1cccc(F)c1F. The summed E-state index contributed by atoms with van der Waals surface area (Å²) in [5.41, 5.74) is 5.45. The van der Waals surface area contributed by atoms with Crippen LogP contribution in [0, 0.1) is 11.6 Å². The second-order valence-corrected chi connectivity index (χ2v) is 2.91. The number of hydrogen-bond donors (Lipinski definition) is 2. The van der Waals surface area contributed by atoms with E-state index < -0.39 is 23.8 Å². The van der Waals surface area contributed by atoms with Crippen LogP contribution in [0.2, 0.25) is 0 Å². The quantitative estimate of drug-likeness (QED) is 0.734. The van der Waals surface area contributed by atoms with Crippen LogP contribution in [0.4, 0.5) is 8.78 Å². The molecule has 1 aromatic carbocycles. The fraction of sp³-hybridized carbons (Fsp3) is 0.333. The summed E-state index contributed by atoms with van der Waals surface area (Å²) in [6, 6.07) is 2.83. The molecule has 0 aromatic heterocycles. The highest BCUT2D eigenvalue weighted by atomic mass is 19.2. The molecule has 0 unspecified atom stereocenters. The summed E-state index contributed by atoms with van der Waals surface area (Å²) in [6.07, 6.45) is -0.906. The molecule has 0 bridgehead atoms. The maximum Gasteiger partial charge on any atom is 0.163 e. The first-order chi connectivity index (χ1) is 6.04. The fourth-order valence-corrected chi connectivity index (χ4v) is 1.04. The summed E-state index contributed by atoms with van der Waals surface area (Å²) in [7, 11) is 0. The average molecular weight is 187 g/mol. The molecule has 0 spiro atoms. The smallest absolute Gasteiger partial charge is 0.163 e. The van der Waals surface area contributed by atoms with E-state index in [0.717, 1.165) is 6.07 Å². The third kappa shape index (κ3) is 2.02. The molecule has 13 heavy (non-hydrogen) atoms. The van der Waals surface area contributed by atoms with Gasteiger partial charge in [-0.25, -0.2) is 8.78 Å². The summed E-state index contributed by atoms with van der Waals surface area (Å²) in [4.78, 5) is 0. The number of halogens is 2. The molecule has 0 saturated carbocycles. The molecule has 72 valence electrons. The standard InChI is InChI=1S/C9H11F2NO/c1-5(13)9(12)6-3-2-4-7(10)8(6)11/h2-5,9,13H,12H2,1H3/t5-,9+/m0/s1. The normalized spacial score (nSPS) is 15.5. The first kappa shape index (κ1) is 10.1. The van der Waals surface area contributed by atoms with Crippen LogP contribution in [-0.4, -0.2) is 11.2 Å². The van der Waals surface area contributed by atoms with Crippen LogP contribution in [0.5, 0.6) is 0 Å². The minimum atomic E-state index is -0.990. The average Bonchev–Trinajstić information content (AvgIpc) is 2.08. The molecule has 0 aliphatic carbocycles. The van der Waals surface area contributed by atoms with Gasteiger partial charge in [-0.1, -0.05) is 12.1 Å². The third-order valence-corrected chi connectivity index (χ3v) is 1.86. The van der Waals surface area contributed by atoms with E-state index in [1.807, 2.05) is 0 Å². The first-order valence-electron chi connectivity index (χ1n) is 3.91. The van der Waals surface area contributed by atoms with Gasteiger partial charge in [-0.3, -0.25) is 0 Å². The topological polar surface area (TPSA) is 46.2 Å². The number of rotatable bonds is 2. The maximum absolute atomic E-state index is 13.0. The van der Waals surface area contributed by atoms with E-state index in [0.29, 0.717) is 0 Å². The molecule has 0 aliphatic heterocycles. The molecule has 0 heterocycles. The largest absolute Gasteiger partial charge is 0.391 e. The van der Waals surface area contributed by atoms with E-state index in [4.69, 9.17) is 10.8 Å². The lowest BCUT2D eigenvalue weighted by molar-refractivity contribution is 0.162. The van der Waals surface area contributed by atoms with Gasteiger partial charge in [0.1, 0.15) is 0 Å². The fourth-order valence-electron chi connectivity index (χ4n) is 1.04. The summed E-state index contributed by atoms with van der Waals surface area (Å²) < 4.78 is 25.7. The van der Waals surface area contributed by atoms with Crippen molar-refractivity contribution in [1.82, 2.24) is 0 Å². The highest BCUT2D eigenvalue weighted by molar-refractivity contribution is 5.22. The molecule has 0 radical (unpaired) electrons. The predicted molar refractivity (Wildman–Crippen MR) is 45.0 cm³/mol. The lowest BCUT2D eigenvalue weighted by Crippen LogP contribution is -2.24. The lowest BCUT2D eigenvalue weighted by atomic mass is 10.0. The Morgan fingerprint density at radius 1 is 1.38 bits per heavy atom. The second-order valence-electron chi connectivity index (χ2n) is 2.91. The van der Waals surface area contributed by atoms with Crippen LogP contribution < -0.4 is 5.73 Å². The zero-order valence-electron chi connectivity index (χ0n) is 7.17. The summed E-state index contributed by atoms with van der Waals surface area (Å²) in [5, 5.41) is 9.08. The van der Waals surface area contributed by atoms with Crippen molar-refractivity contribution in [2.75, 3.05) is 0 Å². The van der Waals surface area contributed by atoms with Gasteiger partial charge in [0.2, 0.25) is 0 Å². The van der Waals surface area contributed by atoms with Crippen molar-refractivity contribution in [2.45, 2.75) is 19.1 Å². The van der Waals surface area contributed by atoms with Gasteiger partial charge < -0.3 is 10.8 Å². The molecule has 0 amide bonds. The number of benzene rings is 1. The molecular weight excluding hydrogens is 176 g/mol. The summed E-state index contributed by atoms with van der Waals surface area (Å²) in [6.45, 7) is 1.43. The van der Waals surface area contributed by atoms with E-state index in [9.17, 15) is 8.78 Å². The molecule has 4 heteroatoms. The van der Waals surface area contributed by atoms with E-state index >= 15 is 0 Å². The minimum Gasteiger partial charge on any atom is -0.391 e. The molecule has 3 N–H and O–H groups in total. The first-order valence-corrected chi connectivity index (χ1v) is 3.91. The lowest BCUT2D eigenvalue weighted by Gasteiger charge is -2.15. The van der Waals surface area contributed by atoms with Crippen molar-refractivity contribution in [2.24, 2.45) is 5.73 Å². The highest BCUT2D eigenvalue weighted by Crippen LogP contribution is 2.19. The van der Waals surface area contributed by atoms with Crippen molar-refractivity contribution in [3.8, 4) is 0 Å². The predicted octanol–water partition coefficient (Wildman–Crippen LogP) is 1.35. The number of aliphatic hydroxyl groups excluding tert-OH is 1. The van der Waals surface area contributed by atoms with Crippen LogP contribution >= 0.6 is 0 Å². The monoisotopic (exact) mass is 187 g/mol. The maximum atomic E-state index is 13.0. The Labute approximate surface area is 75.0 Å². The van der Waals surface area contributed by atoms with Gasteiger partial charge >= 0.3 is 0 Å². The van der Waals surface area contributed by atoms with Crippen LogP contribution in [0.25, 0.3) is 0 Å². The Hall–Kier alpha value is -1.00. The number of nitrogens with two attached hydrogens (primary N) is 1. The van der Waals surface area contributed by atoms with Crippen molar-refractivity contribution >= 4 is 0 Å². The van der Waals surface area contributed by atoms with Crippen LogP contribution in [0.15, 0.2) is 18.2 Å². The number of aliphatic hydroxyl groups is 1. The van der Waals surface area contributed by atoms with Gasteiger partial charge in [-0.2, -0.15) is 0 Å². The van der Waals surface area contributed by atoms with E-state index in [-0.39, 0.29) is 5.56 Å². The van der Waals surface area contributed by atoms with Gasteiger partial charge in [0.15, 0.2) is 11.6 Å². The van der Waals surface area contributed by atoms with Gasteiger partial charge in [0.05, 0.1) is 12.1 Å². The Balaban J connectivity index is 3.07. The molecule has 2 nitrogen and oxygen atoms in total. The van der Waals surface area contributed by atoms with Crippen molar-refractivity contribution < 1.29 is 13.9 Å². The minimum absolute atomic E-state index is 0.00463. The molecule has 0 aliphatic rings. The van der Waals surface area contributed by atoms with Crippen LogP contribution in [0.1, 0.15) is 18.5 Å². The highest BCUT2D eigenvalue weighted by Gasteiger charge is 2.18. The Bertz CT molecular complexity index is 302. The van der Waals surface area contributed by atoms with E-state index in [2.05, 4.69) is 0 Å². The van der Waals surface area contributed by atoms with Gasteiger partial charge in [0, 0.05) is 5.56 Å². The molecule has 1 rings (SSSR count).